The number of hydrogen-bond donors (Lipinski definition) is 2. The van der Waals surface area contributed by atoms with Crippen LogP contribution >= 0.6 is 0 Å². The number of hydrogen-bond acceptors (Lipinski definition) is 8. The molecule has 1 amide bonds. The molecule has 5 heterocycles. The molecule has 1 aliphatic carbocycles. The number of benzene rings is 1. The van der Waals surface area contributed by atoms with Gasteiger partial charge in [-0.1, -0.05) is 6.42 Å². The molecular weight excluding hydrogens is 458 g/mol. The van der Waals surface area contributed by atoms with Crippen LogP contribution in [-0.4, -0.2) is 56.3 Å². The van der Waals surface area contributed by atoms with Crippen LogP contribution in [-0.2, 0) is 17.9 Å². The van der Waals surface area contributed by atoms with Crippen molar-refractivity contribution in [1.29, 1.82) is 0 Å². The van der Waals surface area contributed by atoms with Gasteiger partial charge in [0.05, 0.1) is 11.4 Å². The van der Waals surface area contributed by atoms with E-state index in [0.29, 0.717) is 18.4 Å². The van der Waals surface area contributed by atoms with Crippen molar-refractivity contribution in [3.8, 4) is 28.7 Å². The molecule has 2 N–H and O–H groups in total. The Bertz CT molecular complexity index is 1320. The molecule has 186 valence electrons. The number of ether oxygens (including phenoxy) is 2. The molecule has 2 aromatic heterocycles. The maximum atomic E-state index is 12.8. The van der Waals surface area contributed by atoms with E-state index in [-0.39, 0.29) is 18.8 Å². The van der Waals surface area contributed by atoms with Crippen molar-refractivity contribution in [2.75, 3.05) is 25.2 Å². The predicted molar refractivity (Wildman–Crippen MR) is 132 cm³/mol. The Morgan fingerprint density at radius 2 is 1.97 bits per heavy atom. The van der Waals surface area contributed by atoms with Gasteiger partial charge in [-0.25, -0.2) is 9.97 Å². The Labute approximate surface area is 209 Å². The highest BCUT2D eigenvalue weighted by molar-refractivity contribution is 5.79. The zero-order valence-electron chi connectivity index (χ0n) is 20.1. The molecule has 0 unspecified atom stereocenters. The van der Waals surface area contributed by atoms with E-state index in [2.05, 4.69) is 20.2 Å². The minimum absolute atomic E-state index is 0.140. The number of amides is 1. The van der Waals surface area contributed by atoms with Crippen LogP contribution in [0.15, 0.2) is 30.5 Å². The predicted octanol–water partition coefficient (Wildman–Crippen LogP) is 2.86. The summed E-state index contributed by atoms with van der Waals surface area (Å²) in [4.78, 5) is 29.1. The second kappa shape index (κ2) is 8.77. The van der Waals surface area contributed by atoms with E-state index in [1.54, 1.807) is 6.20 Å². The van der Waals surface area contributed by atoms with E-state index in [0.717, 1.165) is 85.4 Å². The number of carbonyl (C=O) groups is 1. The minimum atomic E-state index is 0.140. The third-order valence-corrected chi connectivity index (χ3v) is 7.66. The molecule has 0 bridgehead atoms. The third kappa shape index (κ3) is 3.76. The minimum Gasteiger partial charge on any atom is -0.454 e. The van der Waals surface area contributed by atoms with Crippen LogP contribution in [0.5, 0.6) is 11.5 Å². The van der Waals surface area contributed by atoms with Crippen molar-refractivity contribution in [2.24, 2.45) is 5.92 Å². The maximum absolute atomic E-state index is 12.8. The topological polar surface area (TPSA) is 106 Å². The monoisotopic (exact) mass is 487 g/mol. The second-order valence-electron chi connectivity index (χ2n) is 9.97. The summed E-state index contributed by atoms with van der Waals surface area (Å²) in [6.45, 7) is 3.24. The maximum Gasteiger partial charge on any atom is 0.231 e. The Balaban J connectivity index is 1.17. The summed E-state index contributed by atoms with van der Waals surface area (Å²) in [5.74, 6) is 4.17. The van der Waals surface area contributed by atoms with Gasteiger partial charge < -0.3 is 25.0 Å². The molecule has 0 spiro atoms. The van der Waals surface area contributed by atoms with Crippen LogP contribution in [0.4, 0.5) is 5.95 Å². The zero-order valence-corrected chi connectivity index (χ0v) is 20.1. The van der Waals surface area contributed by atoms with Gasteiger partial charge in [0.2, 0.25) is 18.6 Å². The fourth-order valence-corrected chi connectivity index (χ4v) is 5.53. The van der Waals surface area contributed by atoms with Gasteiger partial charge in [0.15, 0.2) is 11.5 Å². The largest absolute Gasteiger partial charge is 0.454 e. The molecule has 3 aromatic rings. The van der Waals surface area contributed by atoms with Crippen LogP contribution in [0.2, 0.25) is 0 Å². The normalized spacial score (nSPS) is 20.8. The Morgan fingerprint density at radius 3 is 2.86 bits per heavy atom. The standard InChI is InChI=1S/C26H29N7O3/c34-25(16-3-1-4-16)32-10-2-5-18(14-32)29-26-28-9-8-23(31-26)33-20-13-27-12-19(20)30-24(33)17-6-7-21-22(11-17)36-15-35-21/h6-9,11,16,18,27H,1-5,10,12-15H2,(H,28,29,31)/t18-/m0/s1. The highest BCUT2D eigenvalue weighted by Gasteiger charge is 2.32. The number of anilines is 1. The van der Waals surface area contributed by atoms with E-state index in [1.807, 2.05) is 29.2 Å². The van der Waals surface area contributed by atoms with Crippen molar-refractivity contribution >= 4 is 11.9 Å². The average Bonchev–Trinajstić information content (AvgIpc) is 3.58. The quantitative estimate of drug-likeness (QED) is 0.566. The van der Waals surface area contributed by atoms with Crippen LogP contribution in [0.3, 0.4) is 0 Å². The van der Waals surface area contributed by atoms with Crippen molar-refractivity contribution in [2.45, 2.75) is 51.2 Å². The summed E-state index contributed by atoms with van der Waals surface area (Å²) < 4.78 is 13.2. The fraction of sp³-hybridized carbons (Fsp3) is 0.462. The summed E-state index contributed by atoms with van der Waals surface area (Å²) in [5.41, 5.74) is 3.06. The molecule has 3 aliphatic heterocycles. The third-order valence-electron chi connectivity index (χ3n) is 7.66. The van der Waals surface area contributed by atoms with Crippen LogP contribution in [0.1, 0.15) is 43.5 Å². The molecule has 4 aliphatic rings. The SMILES string of the molecule is O=C(C1CCC1)N1CCC[C@H](Nc2nccc(-n3c(-c4ccc5c(c4)OCO5)nc4c3CNC4)n2)C1. The molecule has 10 heteroatoms. The molecule has 7 rings (SSSR count). The molecule has 10 nitrogen and oxygen atoms in total. The number of piperidine rings is 1. The fourth-order valence-electron chi connectivity index (χ4n) is 5.53. The average molecular weight is 488 g/mol. The lowest BCUT2D eigenvalue weighted by Gasteiger charge is -2.37. The van der Waals surface area contributed by atoms with Gasteiger partial charge in [0.25, 0.3) is 0 Å². The molecule has 1 aromatic carbocycles. The molecule has 1 atom stereocenters. The Hall–Kier alpha value is -3.66. The van der Waals surface area contributed by atoms with Crippen molar-refractivity contribution in [3.63, 3.8) is 0 Å². The summed E-state index contributed by atoms with van der Waals surface area (Å²) >= 11 is 0. The van der Waals surface area contributed by atoms with Crippen molar-refractivity contribution in [3.05, 3.63) is 41.9 Å². The van der Waals surface area contributed by atoms with Gasteiger partial charge in [-0.2, -0.15) is 4.98 Å². The highest BCUT2D eigenvalue weighted by Crippen LogP contribution is 2.37. The number of nitrogens with zero attached hydrogens (tertiary/aromatic N) is 5. The number of fused-ring (bicyclic) bond motifs is 2. The van der Waals surface area contributed by atoms with Crippen LogP contribution in [0.25, 0.3) is 17.2 Å². The summed E-state index contributed by atoms with van der Waals surface area (Å²) in [6.07, 6.45) is 7.01. The molecule has 1 saturated carbocycles. The summed E-state index contributed by atoms with van der Waals surface area (Å²) in [5, 5.41) is 6.89. The first-order chi connectivity index (χ1) is 17.7. The molecule has 36 heavy (non-hydrogen) atoms. The molecule has 1 saturated heterocycles. The second-order valence-corrected chi connectivity index (χ2v) is 9.97. The van der Waals surface area contributed by atoms with Gasteiger partial charge in [-0.05, 0) is 49.9 Å². The highest BCUT2D eigenvalue weighted by atomic mass is 16.7. The van der Waals surface area contributed by atoms with E-state index >= 15 is 0 Å². The number of nitrogens with one attached hydrogen (secondary N) is 2. The van der Waals surface area contributed by atoms with Crippen molar-refractivity contribution in [1.82, 2.24) is 29.7 Å². The Kier molecular flexibility index (Phi) is 5.27. The van der Waals surface area contributed by atoms with Crippen LogP contribution < -0.4 is 20.1 Å². The van der Waals surface area contributed by atoms with E-state index in [9.17, 15) is 4.79 Å². The lowest BCUT2D eigenvalue weighted by atomic mass is 9.84. The molecule has 0 radical (unpaired) electrons. The Morgan fingerprint density at radius 1 is 1.06 bits per heavy atom. The number of aromatic nitrogens is 4. The molecular formula is C26H29N7O3. The number of likely N-dealkylation sites (tertiary alicyclic amines) is 1. The number of carbonyl (C=O) groups excluding carboxylic acids is 1. The summed E-state index contributed by atoms with van der Waals surface area (Å²) in [7, 11) is 0. The van der Waals surface area contributed by atoms with Gasteiger partial charge in [0.1, 0.15) is 11.6 Å². The molecule has 2 fully saturated rings. The lowest BCUT2D eigenvalue weighted by molar-refractivity contribution is -0.139. The van der Waals surface area contributed by atoms with Gasteiger partial charge in [-0.3, -0.25) is 9.36 Å². The van der Waals surface area contributed by atoms with E-state index < -0.39 is 0 Å². The lowest BCUT2D eigenvalue weighted by Crippen LogP contribution is -2.48. The summed E-state index contributed by atoms with van der Waals surface area (Å²) in [6, 6.07) is 7.95. The van der Waals surface area contributed by atoms with Crippen molar-refractivity contribution < 1.29 is 14.3 Å². The zero-order chi connectivity index (χ0) is 24.1. The van der Waals surface area contributed by atoms with E-state index in [1.165, 1.54) is 6.42 Å². The smallest absolute Gasteiger partial charge is 0.231 e. The van der Waals surface area contributed by atoms with E-state index in [4.69, 9.17) is 19.4 Å². The number of rotatable bonds is 5. The van der Waals surface area contributed by atoms with Crippen LogP contribution in [0, 0.1) is 5.92 Å². The van der Waals surface area contributed by atoms with Gasteiger partial charge >= 0.3 is 0 Å². The first kappa shape index (κ1) is 21.6. The first-order valence-electron chi connectivity index (χ1n) is 12.8. The van der Waals surface area contributed by atoms with Gasteiger partial charge in [0, 0.05) is 49.9 Å². The van der Waals surface area contributed by atoms with Gasteiger partial charge in [-0.15, -0.1) is 0 Å². The first-order valence-corrected chi connectivity index (χ1v) is 12.8. The number of imidazole rings is 1.